The fourth-order valence-corrected chi connectivity index (χ4v) is 0.972. The average molecular weight is 202 g/mol. The monoisotopic (exact) mass is 202 g/mol. The van der Waals surface area contributed by atoms with Crippen molar-refractivity contribution >= 4 is 12.0 Å². The molecular formula is C11H10N2O2. The first kappa shape index (κ1) is 10.9. The molecule has 0 amide bonds. The van der Waals surface area contributed by atoms with Gasteiger partial charge in [0, 0.05) is 12.4 Å². The zero-order valence-corrected chi connectivity index (χ0v) is 8.30. The maximum atomic E-state index is 11.3. The Morgan fingerprint density at radius 1 is 1.60 bits per heavy atom. The lowest BCUT2D eigenvalue weighted by Gasteiger charge is -1.99. The third-order valence-electron chi connectivity index (χ3n) is 1.63. The topological polar surface area (TPSA) is 63.0 Å². The zero-order valence-electron chi connectivity index (χ0n) is 8.30. The predicted octanol–water partition coefficient (Wildman–Crippen LogP) is 1.55. The predicted molar refractivity (Wildman–Crippen MR) is 54.5 cm³/mol. The molecule has 76 valence electrons. The van der Waals surface area contributed by atoms with Gasteiger partial charge in [0.05, 0.1) is 6.61 Å². The van der Waals surface area contributed by atoms with Gasteiger partial charge in [0.2, 0.25) is 0 Å². The lowest BCUT2D eigenvalue weighted by molar-refractivity contribution is -0.137. The maximum absolute atomic E-state index is 11.3. The summed E-state index contributed by atoms with van der Waals surface area (Å²) >= 11 is 0. The standard InChI is InChI=1S/C11H10N2O2/c1-2-15-11(14)10(8-12)7-9-3-5-13-6-4-9/h3-7H,2H2,1H3/b10-7+. The van der Waals surface area contributed by atoms with Crippen LogP contribution < -0.4 is 0 Å². The van der Waals surface area contributed by atoms with Gasteiger partial charge in [-0.15, -0.1) is 0 Å². The lowest BCUT2D eigenvalue weighted by atomic mass is 10.2. The van der Waals surface area contributed by atoms with Crippen LogP contribution in [0, 0.1) is 11.3 Å². The quantitative estimate of drug-likeness (QED) is 0.424. The van der Waals surface area contributed by atoms with Crippen molar-refractivity contribution in [3.63, 3.8) is 0 Å². The van der Waals surface area contributed by atoms with Crippen LogP contribution in [0.4, 0.5) is 0 Å². The second-order valence-electron chi connectivity index (χ2n) is 2.67. The number of pyridine rings is 1. The Bertz CT molecular complexity index is 404. The molecule has 0 unspecified atom stereocenters. The summed E-state index contributed by atoms with van der Waals surface area (Å²) in [5.41, 5.74) is 0.734. The minimum Gasteiger partial charge on any atom is -0.462 e. The van der Waals surface area contributed by atoms with Crippen LogP contribution in [-0.4, -0.2) is 17.6 Å². The van der Waals surface area contributed by atoms with Gasteiger partial charge in [-0.3, -0.25) is 4.98 Å². The number of carbonyl (C=O) groups excluding carboxylic acids is 1. The van der Waals surface area contributed by atoms with E-state index in [9.17, 15) is 4.79 Å². The molecular weight excluding hydrogens is 192 g/mol. The third-order valence-corrected chi connectivity index (χ3v) is 1.63. The summed E-state index contributed by atoms with van der Waals surface area (Å²) < 4.78 is 4.72. The summed E-state index contributed by atoms with van der Waals surface area (Å²) in [4.78, 5) is 15.1. The molecule has 0 spiro atoms. The number of esters is 1. The van der Waals surface area contributed by atoms with Crippen LogP contribution in [0.1, 0.15) is 12.5 Å². The van der Waals surface area contributed by atoms with Crippen LogP contribution >= 0.6 is 0 Å². The number of aromatic nitrogens is 1. The van der Waals surface area contributed by atoms with E-state index in [2.05, 4.69) is 4.98 Å². The third kappa shape index (κ3) is 3.24. The first-order chi connectivity index (χ1) is 7.27. The molecule has 0 N–H and O–H groups in total. The van der Waals surface area contributed by atoms with Gasteiger partial charge in [-0.1, -0.05) is 0 Å². The van der Waals surface area contributed by atoms with E-state index in [1.165, 1.54) is 6.08 Å². The molecule has 0 bridgehead atoms. The number of hydrogen-bond donors (Lipinski definition) is 0. The van der Waals surface area contributed by atoms with Crippen molar-refractivity contribution in [1.82, 2.24) is 4.98 Å². The number of nitriles is 1. The van der Waals surface area contributed by atoms with E-state index >= 15 is 0 Å². The molecule has 0 fully saturated rings. The Hall–Kier alpha value is -2.15. The summed E-state index contributed by atoms with van der Waals surface area (Å²) in [7, 11) is 0. The number of hydrogen-bond acceptors (Lipinski definition) is 4. The molecule has 4 heteroatoms. The van der Waals surface area contributed by atoms with Crippen LogP contribution in [0.3, 0.4) is 0 Å². The van der Waals surface area contributed by atoms with E-state index in [1.54, 1.807) is 37.5 Å². The van der Waals surface area contributed by atoms with Crippen molar-refractivity contribution in [2.45, 2.75) is 6.92 Å². The van der Waals surface area contributed by atoms with E-state index < -0.39 is 5.97 Å². The SMILES string of the molecule is CCOC(=O)/C(C#N)=C/c1ccncc1. The second kappa shape index (κ2) is 5.55. The van der Waals surface area contributed by atoms with Crippen molar-refractivity contribution in [1.29, 1.82) is 5.26 Å². The molecule has 0 aliphatic heterocycles. The number of nitrogens with zero attached hydrogens (tertiary/aromatic N) is 2. The Morgan fingerprint density at radius 3 is 2.80 bits per heavy atom. The Kier molecular flexibility index (Phi) is 4.05. The molecule has 15 heavy (non-hydrogen) atoms. The van der Waals surface area contributed by atoms with E-state index in [0.717, 1.165) is 5.56 Å². The van der Waals surface area contributed by atoms with E-state index in [-0.39, 0.29) is 12.2 Å². The molecule has 1 aromatic heterocycles. The van der Waals surface area contributed by atoms with Crippen molar-refractivity contribution in [3.05, 3.63) is 35.7 Å². The minimum atomic E-state index is -0.600. The Morgan fingerprint density at radius 2 is 2.27 bits per heavy atom. The van der Waals surface area contributed by atoms with Crippen LogP contribution in [0.15, 0.2) is 30.1 Å². The molecule has 1 rings (SSSR count). The fraction of sp³-hybridized carbons (Fsp3) is 0.182. The minimum absolute atomic E-state index is 0.0111. The Balaban J connectivity index is 2.89. The van der Waals surface area contributed by atoms with Gasteiger partial charge in [0.25, 0.3) is 0 Å². The fourth-order valence-electron chi connectivity index (χ4n) is 0.972. The number of ether oxygens (including phenoxy) is 1. The van der Waals surface area contributed by atoms with Crippen molar-refractivity contribution < 1.29 is 9.53 Å². The smallest absolute Gasteiger partial charge is 0.348 e. The van der Waals surface area contributed by atoms with Crippen LogP contribution in [0.2, 0.25) is 0 Å². The molecule has 0 aliphatic rings. The van der Waals surface area contributed by atoms with Gasteiger partial charge >= 0.3 is 5.97 Å². The maximum Gasteiger partial charge on any atom is 0.348 e. The van der Waals surface area contributed by atoms with Gasteiger partial charge in [0.1, 0.15) is 11.6 Å². The van der Waals surface area contributed by atoms with Crippen molar-refractivity contribution in [2.24, 2.45) is 0 Å². The molecule has 4 nitrogen and oxygen atoms in total. The average Bonchev–Trinajstić information content (AvgIpc) is 2.27. The Labute approximate surface area is 87.8 Å². The summed E-state index contributed by atoms with van der Waals surface area (Å²) in [6, 6.07) is 5.21. The highest BCUT2D eigenvalue weighted by molar-refractivity contribution is 5.97. The molecule has 0 saturated heterocycles. The molecule has 1 heterocycles. The van der Waals surface area contributed by atoms with Gasteiger partial charge in [0.15, 0.2) is 0 Å². The van der Waals surface area contributed by atoms with Gasteiger partial charge in [-0.2, -0.15) is 5.26 Å². The molecule has 0 radical (unpaired) electrons. The molecule has 0 atom stereocenters. The first-order valence-electron chi connectivity index (χ1n) is 4.47. The normalized spacial score (nSPS) is 10.5. The second-order valence-corrected chi connectivity index (χ2v) is 2.67. The van der Waals surface area contributed by atoms with Gasteiger partial charge in [-0.25, -0.2) is 4.79 Å². The summed E-state index contributed by atoms with van der Waals surface area (Å²) in [6.07, 6.45) is 4.65. The van der Waals surface area contributed by atoms with Crippen LogP contribution in [-0.2, 0) is 9.53 Å². The van der Waals surface area contributed by atoms with Crippen molar-refractivity contribution in [3.8, 4) is 6.07 Å². The summed E-state index contributed by atoms with van der Waals surface area (Å²) in [6.45, 7) is 1.95. The van der Waals surface area contributed by atoms with Crippen molar-refractivity contribution in [2.75, 3.05) is 6.61 Å². The van der Waals surface area contributed by atoms with Gasteiger partial charge < -0.3 is 4.74 Å². The number of rotatable bonds is 3. The molecule has 0 saturated carbocycles. The van der Waals surface area contributed by atoms with E-state index in [1.807, 2.05) is 0 Å². The highest BCUT2D eigenvalue weighted by atomic mass is 16.5. The first-order valence-corrected chi connectivity index (χ1v) is 4.47. The van der Waals surface area contributed by atoms with Gasteiger partial charge in [-0.05, 0) is 30.7 Å². The van der Waals surface area contributed by atoms with E-state index in [0.29, 0.717) is 0 Å². The van der Waals surface area contributed by atoms with Crippen LogP contribution in [0.5, 0.6) is 0 Å². The number of carbonyl (C=O) groups is 1. The van der Waals surface area contributed by atoms with Crippen LogP contribution in [0.25, 0.3) is 6.08 Å². The molecule has 0 aliphatic carbocycles. The van der Waals surface area contributed by atoms with E-state index in [4.69, 9.17) is 10.00 Å². The highest BCUT2D eigenvalue weighted by Crippen LogP contribution is 2.06. The summed E-state index contributed by atoms with van der Waals surface area (Å²) in [5, 5.41) is 8.75. The molecule has 1 aromatic rings. The summed E-state index contributed by atoms with van der Waals surface area (Å²) in [5.74, 6) is -0.600. The molecule has 0 aromatic carbocycles. The lowest BCUT2D eigenvalue weighted by Crippen LogP contribution is -2.05. The largest absolute Gasteiger partial charge is 0.462 e. The highest BCUT2D eigenvalue weighted by Gasteiger charge is 2.08. The zero-order chi connectivity index (χ0) is 11.1.